The Hall–Kier alpha value is -1.91. The Bertz CT molecular complexity index is 390. The third-order valence-corrected chi connectivity index (χ3v) is 1.63. The average molecular weight is 211 g/mol. The molecule has 1 rings (SSSR count). The number of halogens is 1. The summed E-state index contributed by atoms with van der Waals surface area (Å²) in [6.45, 7) is 1.10. The molecule has 0 saturated carbocycles. The Labute approximate surface area is 86.0 Å². The van der Waals surface area contributed by atoms with E-state index in [1.54, 1.807) is 19.1 Å². The van der Waals surface area contributed by atoms with Crippen molar-refractivity contribution >= 4 is 11.7 Å². The Morgan fingerprint density at radius 1 is 1.60 bits per heavy atom. The fourth-order valence-corrected chi connectivity index (χ4v) is 0.951. The quantitative estimate of drug-likeness (QED) is 0.608. The molecule has 0 fully saturated rings. The van der Waals surface area contributed by atoms with Crippen LogP contribution in [0.25, 0.3) is 0 Å². The summed E-state index contributed by atoms with van der Waals surface area (Å²) in [7, 11) is 0. The van der Waals surface area contributed by atoms with Crippen molar-refractivity contribution in [2.24, 2.45) is 5.16 Å². The Kier molecular flexibility index (Phi) is 3.79. The van der Waals surface area contributed by atoms with Crippen molar-refractivity contribution in [2.75, 3.05) is 6.61 Å². The second kappa shape index (κ2) is 5.09. The van der Waals surface area contributed by atoms with E-state index in [1.165, 1.54) is 12.1 Å². The molecule has 80 valence electrons. The van der Waals surface area contributed by atoms with Gasteiger partial charge in [0.05, 0.1) is 5.71 Å². The van der Waals surface area contributed by atoms with Gasteiger partial charge in [-0.05, 0) is 19.1 Å². The van der Waals surface area contributed by atoms with Crippen LogP contribution in [0.15, 0.2) is 29.4 Å². The molecule has 15 heavy (non-hydrogen) atoms. The molecule has 0 heterocycles. The number of rotatable bonds is 4. The van der Waals surface area contributed by atoms with Gasteiger partial charge in [0.2, 0.25) is 6.61 Å². The average Bonchev–Trinajstić information content (AvgIpc) is 2.17. The molecule has 0 radical (unpaired) electrons. The lowest BCUT2D eigenvalue weighted by atomic mass is 10.1. The smallest absolute Gasteiger partial charge is 0.344 e. The molecule has 0 unspecified atom stereocenters. The molecule has 0 aliphatic carbocycles. The molecule has 1 aromatic rings. The van der Waals surface area contributed by atoms with Crippen LogP contribution < -0.4 is 0 Å². The second-order valence-electron chi connectivity index (χ2n) is 2.85. The van der Waals surface area contributed by atoms with Crippen LogP contribution in [0.1, 0.15) is 12.5 Å². The van der Waals surface area contributed by atoms with Crippen molar-refractivity contribution in [1.29, 1.82) is 0 Å². The van der Waals surface area contributed by atoms with Crippen molar-refractivity contribution in [1.82, 2.24) is 0 Å². The zero-order valence-electron chi connectivity index (χ0n) is 8.11. The third kappa shape index (κ3) is 3.76. The Morgan fingerprint density at radius 3 is 2.93 bits per heavy atom. The number of hydrogen-bond donors (Lipinski definition) is 1. The minimum atomic E-state index is -1.11. The highest BCUT2D eigenvalue weighted by molar-refractivity contribution is 5.98. The van der Waals surface area contributed by atoms with Gasteiger partial charge in [-0.2, -0.15) is 0 Å². The summed E-state index contributed by atoms with van der Waals surface area (Å²) in [4.78, 5) is 14.6. The second-order valence-corrected chi connectivity index (χ2v) is 2.85. The van der Waals surface area contributed by atoms with Gasteiger partial charge in [0, 0.05) is 5.56 Å². The maximum absolute atomic E-state index is 12.8. The fraction of sp³-hybridized carbons (Fsp3) is 0.200. The van der Waals surface area contributed by atoms with Gasteiger partial charge in [-0.1, -0.05) is 17.3 Å². The van der Waals surface area contributed by atoms with E-state index in [2.05, 4.69) is 9.99 Å². The molecule has 5 heteroatoms. The summed E-state index contributed by atoms with van der Waals surface area (Å²) < 4.78 is 12.8. The van der Waals surface area contributed by atoms with Gasteiger partial charge in [-0.25, -0.2) is 9.18 Å². The van der Waals surface area contributed by atoms with Crippen LogP contribution in [0.5, 0.6) is 0 Å². The topological polar surface area (TPSA) is 58.9 Å². The molecule has 0 aromatic heterocycles. The van der Waals surface area contributed by atoms with Crippen molar-refractivity contribution in [3.05, 3.63) is 35.6 Å². The molecule has 1 aromatic carbocycles. The molecule has 4 nitrogen and oxygen atoms in total. The van der Waals surface area contributed by atoms with Crippen molar-refractivity contribution in [3.63, 3.8) is 0 Å². The molecular formula is C10H10FNO3. The van der Waals surface area contributed by atoms with Crippen LogP contribution >= 0.6 is 0 Å². The predicted octanol–water partition coefficient (Wildman–Crippen LogP) is 1.65. The number of oxime groups is 1. The third-order valence-electron chi connectivity index (χ3n) is 1.63. The largest absolute Gasteiger partial charge is 0.479 e. The molecule has 0 aliphatic heterocycles. The van der Waals surface area contributed by atoms with Crippen LogP contribution in [0.2, 0.25) is 0 Å². The normalized spacial score (nSPS) is 11.2. The Morgan fingerprint density at radius 2 is 2.33 bits per heavy atom. The maximum Gasteiger partial charge on any atom is 0.344 e. The van der Waals surface area contributed by atoms with E-state index in [-0.39, 0.29) is 5.82 Å². The standard InChI is InChI=1S/C10H10FNO3/c1-7(12-15-6-10(13)14)8-3-2-4-9(11)5-8/h2-5H,6H2,1H3,(H,13,14). The van der Waals surface area contributed by atoms with Crippen LogP contribution in [0, 0.1) is 5.82 Å². The predicted molar refractivity (Wildman–Crippen MR) is 52.2 cm³/mol. The van der Waals surface area contributed by atoms with Crippen molar-refractivity contribution < 1.29 is 19.1 Å². The Balaban J connectivity index is 2.67. The van der Waals surface area contributed by atoms with Crippen LogP contribution in [-0.2, 0) is 9.63 Å². The van der Waals surface area contributed by atoms with E-state index in [9.17, 15) is 9.18 Å². The summed E-state index contributed by atoms with van der Waals surface area (Å²) in [5, 5.41) is 11.8. The first-order chi connectivity index (χ1) is 7.09. The summed E-state index contributed by atoms with van der Waals surface area (Å²) in [6, 6.07) is 5.81. The first-order valence-electron chi connectivity index (χ1n) is 4.24. The van der Waals surface area contributed by atoms with Crippen LogP contribution in [0.4, 0.5) is 4.39 Å². The van der Waals surface area contributed by atoms with Gasteiger partial charge >= 0.3 is 5.97 Å². The van der Waals surface area contributed by atoms with Gasteiger partial charge in [-0.3, -0.25) is 0 Å². The minimum Gasteiger partial charge on any atom is -0.479 e. The van der Waals surface area contributed by atoms with E-state index in [0.717, 1.165) is 0 Å². The SMILES string of the molecule is CC(=NOCC(=O)O)c1cccc(F)c1. The zero-order chi connectivity index (χ0) is 11.3. The number of carboxylic acid groups (broad SMARTS) is 1. The van der Waals surface area contributed by atoms with Crippen molar-refractivity contribution in [2.45, 2.75) is 6.92 Å². The highest BCUT2D eigenvalue weighted by atomic mass is 19.1. The van der Waals surface area contributed by atoms with E-state index in [4.69, 9.17) is 5.11 Å². The lowest BCUT2D eigenvalue weighted by molar-refractivity contribution is -0.142. The molecule has 0 atom stereocenters. The number of carbonyl (C=O) groups is 1. The first-order valence-corrected chi connectivity index (χ1v) is 4.24. The first kappa shape index (κ1) is 11.2. The lowest BCUT2D eigenvalue weighted by Gasteiger charge is -2.00. The lowest BCUT2D eigenvalue weighted by Crippen LogP contribution is -2.05. The molecule has 0 saturated heterocycles. The summed E-state index contributed by atoms with van der Waals surface area (Å²) in [5.74, 6) is -1.48. The molecular weight excluding hydrogens is 201 g/mol. The number of carboxylic acids is 1. The molecule has 0 aliphatic rings. The zero-order valence-corrected chi connectivity index (χ0v) is 8.11. The number of aliphatic carboxylic acids is 1. The van der Waals surface area contributed by atoms with E-state index >= 15 is 0 Å². The molecule has 1 N–H and O–H groups in total. The highest BCUT2D eigenvalue weighted by Crippen LogP contribution is 2.05. The van der Waals surface area contributed by atoms with Gasteiger partial charge < -0.3 is 9.94 Å². The number of nitrogens with zero attached hydrogens (tertiary/aromatic N) is 1. The van der Waals surface area contributed by atoms with Crippen molar-refractivity contribution in [3.8, 4) is 0 Å². The van der Waals surface area contributed by atoms with E-state index in [1.807, 2.05) is 0 Å². The monoisotopic (exact) mass is 211 g/mol. The van der Waals surface area contributed by atoms with E-state index in [0.29, 0.717) is 11.3 Å². The molecule has 0 spiro atoms. The fourth-order valence-electron chi connectivity index (χ4n) is 0.951. The van der Waals surface area contributed by atoms with Gasteiger partial charge in [-0.15, -0.1) is 0 Å². The highest BCUT2D eigenvalue weighted by Gasteiger charge is 2.00. The number of hydrogen-bond acceptors (Lipinski definition) is 3. The van der Waals surface area contributed by atoms with E-state index < -0.39 is 12.6 Å². The van der Waals surface area contributed by atoms with Crippen LogP contribution in [0.3, 0.4) is 0 Å². The number of benzene rings is 1. The maximum atomic E-state index is 12.8. The summed E-state index contributed by atoms with van der Waals surface area (Å²) in [5.41, 5.74) is 0.983. The summed E-state index contributed by atoms with van der Waals surface area (Å²) >= 11 is 0. The minimum absolute atomic E-state index is 0.375. The van der Waals surface area contributed by atoms with Gasteiger partial charge in [0.15, 0.2) is 0 Å². The summed E-state index contributed by atoms with van der Waals surface area (Å²) in [6.07, 6.45) is 0. The molecule has 0 amide bonds. The van der Waals surface area contributed by atoms with Gasteiger partial charge in [0.25, 0.3) is 0 Å². The van der Waals surface area contributed by atoms with Crippen LogP contribution in [-0.4, -0.2) is 23.4 Å². The molecule has 0 bridgehead atoms. The van der Waals surface area contributed by atoms with Gasteiger partial charge in [0.1, 0.15) is 5.82 Å².